The lowest BCUT2D eigenvalue weighted by atomic mass is 9.33. The van der Waals surface area contributed by atoms with Crippen LogP contribution in [0, 0.1) is 56.7 Å². The number of esters is 3. The summed E-state index contributed by atoms with van der Waals surface area (Å²) in [4.78, 5) is 43.5. The maximum Gasteiger partial charge on any atom is 0.339 e. The van der Waals surface area contributed by atoms with Crippen LogP contribution >= 0.6 is 0 Å². The van der Waals surface area contributed by atoms with E-state index in [2.05, 4.69) is 33.8 Å². The lowest BCUT2D eigenvalue weighted by Gasteiger charge is -2.72. The minimum atomic E-state index is -1.77. The van der Waals surface area contributed by atoms with Gasteiger partial charge in [-0.15, -0.1) is 0 Å². The van der Waals surface area contributed by atoms with E-state index in [0.29, 0.717) is 44.6 Å². The fraction of sp³-hybridized carbons (Fsp3) is 0.660. The number of phenols is 6. The molecule has 4 saturated carbocycles. The van der Waals surface area contributed by atoms with Crippen LogP contribution in [0.25, 0.3) is 11.1 Å². The number of carbonyl (C=O) groups is 3. The van der Waals surface area contributed by atoms with Crippen molar-refractivity contribution in [3.8, 4) is 45.6 Å². The smallest absolute Gasteiger partial charge is 0.339 e. The van der Waals surface area contributed by atoms with Crippen LogP contribution in [0.15, 0.2) is 23.8 Å². The van der Waals surface area contributed by atoms with Crippen LogP contribution in [-0.2, 0) is 23.7 Å². The molecule has 2 heterocycles. The van der Waals surface area contributed by atoms with E-state index in [1.807, 2.05) is 6.92 Å². The molecule has 9 rings (SSSR count). The minimum Gasteiger partial charge on any atom is -0.504 e. The zero-order chi connectivity index (χ0) is 50.2. The Hall–Kier alpha value is -4.89. The van der Waals surface area contributed by atoms with Crippen molar-refractivity contribution < 1.29 is 94.6 Å². The van der Waals surface area contributed by atoms with Gasteiger partial charge in [0.1, 0.15) is 37.1 Å². The second-order valence-corrected chi connectivity index (χ2v) is 22.0. The van der Waals surface area contributed by atoms with Gasteiger partial charge in [-0.1, -0.05) is 46.3 Å². The molecule has 2 aromatic rings. The predicted octanol–water partition coefficient (Wildman–Crippen LogP) is 3.21. The Morgan fingerprint density at radius 1 is 0.768 bits per heavy atom. The van der Waals surface area contributed by atoms with E-state index in [0.717, 1.165) is 18.1 Å². The van der Waals surface area contributed by atoms with Gasteiger partial charge in [-0.05, 0) is 109 Å². The second-order valence-electron chi connectivity index (χ2n) is 22.0. The number of rotatable bonds is 4. The number of hydrogen-bond acceptors (Lipinski definition) is 19. The Morgan fingerprint density at radius 3 is 2.00 bits per heavy atom. The summed E-state index contributed by atoms with van der Waals surface area (Å²) in [5.74, 6) is -10.8. The van der Waals surface area contributed by atoms with Crippen LogP contribution in [0.3, 0.4) is 0 Å². The highest BCUT2D eigenvalue weighted by Gasteiger charge is 2.73. The third kappa shape index (κ3) is 6.66. The van der Waals surface area contributed by atoms with Crippen LogP contribution in [0.2, 0.25) is 0 Å². The third-order valence-electron chi connectivity index (χ3n) is 19.2. The van der Waals surface area contributed by atoms with Crippen LogP contribution in [-0.4, -0.2) is 142 Å². The minimum absolute atomic E-state index is 0.0128. The molecule has 0 spiro atoms. The Balaban J connectivity index is 1.11. The van der Waals surface area contributed by atoms with Crippen LogP contribution in [0.5, 0.6) is 34.5 Å². The first-order valence-electron chi connectivity index (χ1n) is 23.8. The molecular weight excluding hydrogens is 905 g/mol. The van der Waals surface area contributed by atoms with Gasteiger partial charge in [0.25, 0.3) is 0 Å². The van der Waals surface area contributed by atoms with Gasteiger partial charge in [0.2, 0.25) is 17.8 Å². The van der Waals surface area contributed by atoms with Crippen molar-refractivity contribution in [3.63, 3.8) is 0 Å². The molecule has 5 aliphatic carbocycles. The number of fused-ring (bicyclic) bond motifs is 12. The Bertz CT molecular complexity index is 2490. The van der Waals surface area contributed by atoms with Crippen molar-refractivity contribution in [2.24, 2.45) is 56.7 Å². The highest BCUT2D eigenvalue weighted by atomic mass is 16.7. The fourth-order valence-corrected chi connectivity index (χ4v) is 15.2. The number of aliphatic hydroxyl groups excluding tert-OH is 6. The Labute approximate surface area is 397 Å². The molecule has 0 radical (unpaired) electrons. The summed E-state index contributed by atoms with van der Waals surface area (Å²) in [5.41, 5.74) is -6.50. The summed E-state index contributed by atoms with van der Waals surface area (Å²) < 4.78 is 23.7. The molecule has 69 heavy (non-hydrogen) atoms. The standard InChI is InChI=1S/C50H64O19/c1-20-8-11-49(45(65)69-44-40(62)39(61)36(58)28(17-51)67-44)13-12-47(4)24(33(49)21(20)2)6-7-29-46(3)16-27(55)41-50(18-52,30(46)9-10-48(29,47)5)19-66-42(63)22-14-25(53)34(56)37(59)31(22)32-23(43(64)68-41)15-26(54)35(57)38(32)60/h6,14-15,20-21,27-30,33,36,39-41,44,51-62H,7-13,16-19H2,1-5H3/t20-,21+,27-,28-,29-,30-,33+,36-,39+,40-,41+,44+,46-,47-,48-,49+,50+/m1/s1. The SMILES string of the molecule is C[C@H]1[C@H](C)CC[C@]2(C(=O)O[C@@H]3O[C@H](CO)[C@@H](O)[C@H](O)[C@H]3O)CC[C@]3(C)C(=CC[C@@H]4[C@@]5(C)C[C@@H](O)[C@@H]6OC(=O)c7cc(O)c(O)c(O)c7-c7c(cc(O)c(O)c7O)C(=O)OC[C@@]6(CO)[C@@H]5CC[C@]43C)[C@H]12. The summed E-state index contributed by atoms with van der Waals surface area (Å²) >= 11 is 0. The molecule has 0 unspecified atom stereocenters. The van der Waals surface area contributed by atoms with Crippen molar-refractivity contribution in [2.45, 2.75) is 129 Å². The first kappa shape index (κ1) is 49.1. The summed E-state index contributed by atoms with van der Waals surface area (Å²) in [5, 5.41) is 131. The van der Waals surface area contributed by atoms with E-state index in [9.17, 15) is 75.7 Å². The molecule has 19 nitrogen and oxygen atoms in total. The Kier molecular flexibility index (Phi) is 11.8. The molecule has 378 valence electrons. The number of hydrogen-bond donors (Lipinski definition) is 12. The summed E-state index contributed by atoms with van der Waals surface area (Å²) in [6.45, 7) is 8.63. The number of ether oxygens (including phenoxy) is 4. The molecule has 5 fully saturated rings. The van der Waals surface area contributed by atoms with E-state index in [4.69, 9.17) is 18.9 Å². The molecule has 0 amide bonds. The van der Waals surface area contributed by atoms with Gasteiger partial charge in [-0.2, -0.15) is 0 Å². The largest absolute Gasteiger partial charge is 0.504 e. The fourth-order valence-electron chi connectivity index (χ4n) is 15.2. The number of aliphatic hydroxyl groups is 6. The zero-order valence-electron chi connectivity index (χ0n) is 39.2. The maximum absolute atomic E-state index is 14.8. The maximum atomic E-state index is 14.8. The summed E-state index contributed by atoms with van der Waals surface area (Å²) in [6.07, 6.45) is -5.40. The third-order valence-corrected chi connectivity index (χ3v) is 19.2. The van der Waals surface area contributed by atoms with Gasteiger partial charge in [0.05, 0.1) is 41.3 Å². The van der Waals surface area contributed by atoms with Gasteiger partial charge < -0.3 is 80.2 Å². The summed E-state index contributed by atoms with van der Waals surface area (Å²) in [7, 11) is 0. The molecule has 1 saturated heterocycles. The van der Waals surface area contributed by atoms with Crippen molar-refractivity contribution in [3.05, 3.63) is 34.9 Å². The molecule has 0 aromatic heterocycles. The first-order chi connectivity index (χ1) is 32.4. The van der Waals surface area contributed by atoms with Gasteiger partial charge in [0.15, 0.2) is 23.0 Å². The number of benzene rings is 2. The Morgan fingerprint density at radius 2 is 1.39 bits per heavy atom. The van der Waals surface area contributed by atoms with Crippen LogP contribution in [0.1, 0.15) is 107 Å². The molecule has 19 heteroatoms. The summed E-state index contributed by atoms with van der Waals surface area (Å²) in [6, 6.07) is 1.44. The van der Waals surface area contributed by atoms with E-state index < -0.39 is 170 Å². The average Bonchev–Trinajstić information content (AvgIpc) is 3.32. The highest BCUT2D eigenvalue weighted by Crippen LogP contribution is 2.76. The van der Waals surface area contributed by atoms with Crippen molar-refractivity contribution in [2.75, 3.05) is 19.8 Å². The van der Waals surface area contributed by atoms with Gasteiger partial charge in [-0.25, -0.2) is 9.59 Å². The topological polar surface area (TPSA) is 331 Å². The number of allylic oxidation sites excluding steroid dienone is 2. The molecule has 7 aliphatic rings. The van der Waals surface area contributed by atoms with Crippen molar-refractivity contribution in [1.82, 2.24) is 0 Å². The molecular formula is C50H64O19. The number of cyclic esters (lactones) is 1. The number of carbonyl (C=O) groups excluding carboxylic acids is 3. The molecule has 0 bridgehead atoms. The molecule has 17 atom stereocenters. The van der Waals surface area contributed by atoms with Crippen LogP contribution < -0.4 is 0 Å². The van der Waals surface area contributed by atoms with Crippen molar-refractivity contribution >= 4 is 17.9 Å². The molecule has 2 aromatic carbocycles. The van der Waals surface area contributed by atoms with E-state index >= 15 is 0 Å². The quantitative estimate of drug-likeness (QED) is 0.0906. The lowest BCUT2D eigenvalue weighted by molar-refractivity contribution is -0.298. The van der Waals surface area contributed by atoms with Crippen LogP contribution in [0.4, 0.5) is 0 Å². The monoisotopic (exact) mass is 968 g/mol. The van der Waals surface area contributed by atoms with E-state index in [1.165, 1.54) is 0 Å². The highest BCUT2D eigenvalue weighted by molar-refractivity contribution is 6.08. The van der Waals surface area contributed by atoms with E-state index in [1.54, 1.807) is 0 Å². The van der Waals surface area contributed by atoms with Crippen molar-refractivity contribution in [1.29, 1.82) is 0 Å². The zero-order valence-corrected chi connectivity index (χ0v) is 39.2. The van der Waals surface area contributed by atoms with E-state index in [-0.39, 0.29) is 30.1 Å². The predicted molar refractivity (Wildman–Crippen MR) is 237 cm³/mol. The second kappa shape index (κ2) is 16.6. The molecule has 2 aliphatic heterocycles. The number of phenolic OH excluding ortho intramolecular Hbond substituents is 6. The molecule has 12 N–H and O–H groups in total. The first-order valence-corrected chi connectivity index (χ1v) is 23.8. The number of aromatic hydroxyl groups is 6. The average molecular weight is 969 g/mol. The normalized spacial score (nSPS) is 42.7. The van der Waals surface area contributed by atoms with Gasteiger partial charge >= 0.3 is 17.9 Å². The lowest BCUT2D eigenvalue weighted by Crippen LogP contribution is -2.70. The van der Waals surface area contributed by atoms with Gasteiger partial charge in [-0.3, -0.25) is 4.79 Å². The van der Waals surface area contributed by atoms with Gasteiger partial charge in [0, 0.05) is 11.1 Å².